The number of hydrogen-bond donors (Lipinski definition) is 3. The maximum absolute atomic E-state index is 9.86. The Morgan fingerprint density at radius 3 is 2.78 bits per heavy atom. The third-order valence-corrected chi connectivity index (χ3v) is 0.606. The van der Waals surface area contributed by atoms with Crippen LogP contribution in [0.15, 0.2) is 5.16 Å². The predicted molar refractivity (Wildman–Crippen MR) is 29.2 cm³/mol. The first-order valence-corrected chi connectivity index (χ1v) is 2.09. The van der Waals surface area contributed by atoms with E-state index < -0.39 is 6.09 Å². The molecule has 0 radical (unpaired) electrons. The minimum Gasteiger partial charge on any atom is -0.464 e. The molecule has 0 aromatic carbocycles. The highest BCUT2D eigenvalue weighted by atomic mass is 16.4. The summed E-state index contributed by atoms with van der Waals surface area (Å²) in [5, 5.41) is 18.9. The molecular formula is C3H7N3O3. The zero-order chi connectivity index (χ0) is 7.28. The Morgan fingerprint density at radius 1 is 1.89 bits per heavy atom. The van der Waals surface area contributed by atoms with E-state index in [9.17, 15) is 4.79 Å². The van der Waals surface area contributed by atoms with Crippen molar-refractivity contribution in [1.82, 2.24) is 5.01 Å². The molecule has 0 aliphatic rings. The van der Waals surface area contributed by atoms with Gasteiger partial charge in [-0.15, -0.1) is 5.16 Å². The van der Waals surface area contributed by atoms with Crippen molar-refractivity contribution in [3.8, 4) is 0 Å². The fourth-order valence-corrected chi connectivity index (χ4v) is 0.203. The van der Waals surface area contributed by atoms with Gasteiger partial charge < -0.3 is 10.3 Å². The molecule has 0 unspecified atom stereocenters. The smallest absolute Gasteiger partial charge is 0.421 e. The molecular weight excluding hydrogens is 126 g/mol. The van der Waals surface area contributed by atoms with Crippen molar-refractivity contribution in [3.63, 3.8) is 0 Å². The van der Waals surface area contributed by atoms with Gasteiger partial charge in [-0.25, -0.2) is 15.6 Å². The molecule has 6 nitrogen and oxygen atoms in total. The molecule has 0 heterocycles. The van der Waals surface area contributed by atoms with E-state index in [0.29, 0.717) is 5.01 Å². The zero-order valence-corrected chi connectivity index (χ0v) is 4.56. The Hall–Kier alpha value is -1.30. The van der Waals surface area contributed by atoms with Gasteiger partial charge in [0.25, 0.3) is 0 Å². The van der Waals surface area contributed by atoms with Crippen LogP contribution in [-0.4, -0.2) is 34.2 Å². The molecule has 0 spiro atoms. The van der Waals surface area contributed by atoms with E-state index in [1.165, 1.54) is 0 Å². The van der Waals surface area contributed by atoms with Crippen LogP contribution < -0.4 is 5.84 Å². The van der Waals surface area contributed by atoms with Crippen molar-refractivity contribution in [2.45, 2.75) is 0 Å². The molecule has 4 N–H and O–H groups in total. The van der Waals surface area contributed by atoms with E-state index in [4.69, 9.17) is 16.2 Å². The fourth-order valence-electron chi connectivity index (χ4n) is 0.203. The van der Waals surface area contributed by atoms with Crippen LogP contribution in [0.1, 0.15) is 0 Å². The Bertz CT molecular complexity index is 123. The Labute approximate surface area is 51.1 Å². The second-order valence-corrected chi connectivity index (χ2v) is 1.23. The highest BCUT2D eigenvalue weighted by Gasteiger charge is 2.01. The van der Waals surface area contributed by atoms with Crippen LogP contribution in [0.25, 0.3) is 0 Å². The molecule has 0 saturated carbocycles. The van der Waals surface area contributed by atoms with Crippen LogP contribution in [0, 0.1) is 0 Å². The lowest BCUT2D eigenvalue weighted by molar-refractivity contribution is 0.152. The number of hydrogen-bond acceptors (Lipinski definition) is 4. The van der Waals surface area contributed by atoms with Crippen molar-refractivity contribution in [3.05, 3.63) is 0 Å². The molecule has 1 amide bonds. The molecule has 9 heavy (non-hydrogen) atoms. The average Bonchev–Trinajstić information content (AvgIpc) is 1.82. The van der Waals surface area contributed by atoms with E-state index in [-0.39, 0.29) is 6.54 Å². The van der Waals surface area contributed by atoms with Gasteiger partial charge in [0.05, 0.1) is 12.8 Å². The van der Waals surface area contributed by atoms with Gasteiger partial charge in [-0.05, 0) is 0 Å². The zero-order valence-electron chi connectivity index (χ0n) is 4.56. The number of carbonyl (C=O) groups is 1. The fraction of sp³-hybridized carbons (Fsp3) is 0.333. The van der Waals surface area contributed by atoms with Crippen LogP contribution in [0.5, 0.6) is 0 Å². The Morgan fingerprint density at radius 2 is 2.44 bits per heavy atom. The van der Waals surface area contributed by atoms with Gasteiger partial charge in [-0.3, -0.25) is 0 Å². The van der Waals surface area contributed by atoms with E-state index >= 15 is 0 Å². The van der Waals surface area contributed by atoms with E-state index in [1.807, 2.05) is 0 Å². The van der Waals surface area contributed by atoms with Crippen molar-refractivity contribution >= 4 is 12.3 Å². The van der Waals surface area contributed by atoms with Gasteiger partial charge in [0.1, 0.15) is 0 Å². The summed E-state index contributed by atoms with van der Waals surface area (Å²) in [7, 11) is 0. The van der Waals surface area contributed by atoms with E-state index in [0.717, 1.165) is 6.21 Å². The molecule has 0 aliphatic heterocycles. The summed E-state index contributed by atoms with van der Waals surface area (Å²) in [6, 6.07) is 0. The number of oxime groups is 1. The van der Waals surface area contributed by atoms with E-state index in [2.05, 4.69) is 5.16 Å². The van der Waals surface area contributed by atoms with E-state index in [1.54, 1.807) is 0 Å². The molecule has 0 atom stereocenters. The van der Waals surface area contributed by atoms with Crippen LogP contribution in [0.3, 0.4) is 0 Å². The summed E-state index contributed by atoms with van der Waals surface area (Å²) in [4.78, 5) is 9.86. The maximum Gasteiger partial charge on any atom is 0.421 e. The second-order valence-electron chi connectivity index (χ2n) is 1.23. The molecule has 0 bridgehead atoms. The lowest BCUT2D eigenvalue weighted by Crippen LogP contribution is -2.37. The lowest BCUT2D eigenvalue weighted by Gasteiger charge is -2.06. The number of nitrogens with two attached hydrogens (primary N) is 1. The standard InChI is InChI=1S/C3H7N3O3/c4-6(3(7)8)2-1-5-9/h1,9H,2,4H2,(H,7,8). The van der Waals surface area contributed by atoms with Crippen LogP contribution in [0.2, 0.25) is 0 Å². The third-order valence-electron chi connectivity index (χ3n) is 0.606. The summed E-state index contributed by atoms with van der Waals surface area (Å²) in [6.07, 6.45) is -0.302. The van der Waals surface area contributed by atoms with Crippen molar-refractivity contribution in [2.24, 2.45) is 11.0 Å². The van der Waals surface area contributed by atoms with Gasteiger partial charge in [0, 0.05) is 0 Å². The second kappa shape index (κ2) is 3.67. The predicted octanol–water partition coefficient (Wildman–Crippen LogP) is -0.700. The number of nitrogens with zero attached hydrogens (tertiary/aromatic N) is 2. The number of carboxylic acid groups (broad SMARTS) is 1. The molecule has 6 heteroatoms. The minimum atomic E-state index is -1.27. The molecule has 0 aromatic heterocycles. The van der Waals surface area contributed by atoms with Gasteiger partial charge >= 0.3 is 6.09 Å². The van der Waals surface area contributed by atoms with Gasteiger partial charge in [0.15, 0.2) is 0 Å². The monoisotopic (exact) mass is 133 g/mol. The molecule has 0 fully saturated rings. The maximum atomic E-state index is 9.86. The van der Waals surface area contributed by atoms with Gasteiger partial charge in [-0.1, -0.05) is 0 Å². The minimum absolute atomic E-state index is 0.119. The summed E-state index contributed by atoms with van der Waals surface area (Å²) in [5.74, 6) is 4.83. The van der Waals surface area contributed by atoms with Crippen molar-refractivity contribution in [1.29, 1.82) is 0 Å². The normalized spacial score (nSPS) is 9.89. The summed E-state index contributed by atoms with van der Waals surface area (Å²) < 4.78 is 0. The lowest BCUT2D eigenvalue weighted by atomic mass is 10.7. The van der Waals surface area contributed by atoms with Crippen LogP contribution >= 0.6 is 0 Å². The summed E-state index contributed by atoms with van der Waals surface area (Å²) in [5.41, 5.74) is 0. The first kappa shape index (κ1) is 7.70. The molecule has 0 aromatic rings. The van der Waals surface area contributed by atoms with Gasteiger partial charge in [-0.2, -0.15) is 0 Å². The van der Waals surface area contributed by atoms with Crippen molar-refractivity contribution < 1.29 is 15.1 Å². The highest BCUT2D eigenvalue weighted by Crippen LogP contribution is 1.73. The number of amides is 1. The highest BCUT2D eigenvalue weighted by molar-refractivity contribution is 5.70. The Balaban J connectivity index is 3.50. The first-order chi connectivity index (χ1) is 4.18. The quantitative estimate of drug-likeness (QED) is 0.152. The Kier molecular flexibility index (Phi) is 3.14. The summed E-state index contributed by atoms with van der Waals surface area (Å²) >= 11 is 0. The largest absolute Gasteiger partial charge is 0.464 e. The molecule has 0 rings (SSSR count). The van der Waals surface area contributed by atoms with Crippen molar-refractivity contribution in [2.75, 3.05) is 6.54 Å². The molecule has 0 aliphatic carbocycles. The first-order valence-electron chi connectivity index (χ1n) is 2.09. The van der Waals surface area contributed by atoms with Gasteiger partial charge in [0.2, 0.25) is 0 Å². The average molecular weight is 133 g/mol. The number of rotatable bonds is 2. The molecule has 52 valence electrons. The third kappa shape index (κ3) is 3.30. The topological polar surface area (TPSA) is 99.1 Å². The SMILES string of the molecule is NN(CC=NO)C(=O)O. The molecule has 0 saturated heterocycles. The number of hydrazine groups is 1. The van der Waals surface area contributed by atoms with Crippen LogP contribution in [0.4, 0.5) is 4.79 Å². The summed E-state index contributed by atoms with van der Waals surface area (Å²) in [6.45, 7) is -0.119. The van der Waals surface area contributed by atoms with Crippen LogP contribution in [-0.2, 0) is 0 Å².